The van der Waals surface area contributed by atoms with Gasteiger partial charge in [-0.15, -0.1) is 11.8 Å². The summed E-state index contributed by atoms with van der Waals surface area (Å²) in [6.45, 7) is 0.0611. The van der Waals surface area contributed by atoms with Crippen LogP contribution in [0.3, 0.4) is 0 Å². The van der Waals surface area contributed by atoms with Gasteiger partial charge in [-0.1, -0.05) is 35.9 Å². The number of ether oxygens (including phenoxy) is 3. The van der Waals surface area contributed by atoms with E-state index < -0.39 is 0 Å². The summed E-state index contributed by atoms with van der Waals surface area (Å²) in [5.41, 5.74) is 4.64. The molecule has 0 unspecified atom stereocenters. The molecule has 1 aliphatic rings. The highest BCUT2D eigenvalue weighted by atomic mass is 35.5. The smallest absolute Gasteiger partial charge is 0.240 e. The molecule has 0 saturated heterocycles. The van der Waals surface area contributed by atoms with Crippen molar-refractivity contribution in [2.24, 2.45) is 0 Å². The zero-order valence-corrected chi connectivity index (χ0v) is 27.5. The first kappa shape index (κ1) is 32.0. The second kappa shape index (κ2) is 14.2. The predicted octanol–water partition coefficient (Wildman–Crippen LogP) is 6.10. The van der Waals surface area contributed by atoms with Gasteiger partial charge in [-0.2, -0.15) is 5.10 Å². The lowest BCUT2D eigenvalue weighted by Gasteiger charge is -2.23. The topological polar surface area (TPSA) is 108 Å². The van der Waals surface area contributed by atoms with Crippen molar-refractivity contribution in [2.45, 2.75) is 11.8 Å². The van der Waals surface area contributed by atoms with Crippen molar-refractivity contribution in [3.63, 3.8) is 0 Å². The van der Waals surface area contributed by atoms with E-state index in [1.54, 1.807) is 50.5 Å². The molecule has 1 atom stereocenters. The van der Waals surface area contributed by atoms with Crippen LogP contribution in [-0.4, -0.2) is 60.2 Å². The summed E-state index contributed by atoms with van der Waals surface area (Å²) in [7, 11) is 4.77. The SMILES string of the molecule is COc1ccc(-n2nc(-c3ccc(Cl)cc3)c3c2N(CC(=O)NCc2cccnc2)C(=O)CS[C@@H]3c2ccc(OC)c(OC)c2)cc1. The number of amides is 2. The van der Waals surface area contributed by atoms with Crippen LogP contribution in [0.25, 0.3) is 16.9 Å². The first-order valence-corrected chi connectivity index (χ1v) is 16.2. The number of anilines is 1. The molecule has 10 nitrogen and oxygen atoms in total. The van der Waals surface area contributed by atoms with Crippen LogP contribution in [0.4, 0.5) is 5.82 Å². The second-order valence-corrected chi connectivity index (χ2v) is 12.2. The number of carbonyl (C=O) groups excluding carboxylic acids is 2. The number of aromatic nitrogens is 3. The number of methoxy groups -OCH3 is 3. The van der Waals surface area contributed by atoms with E-state index in [0.29, 0.717) is 39.5 Å². The lowest BCUT2D eigenvalue weighted by Crippen LogP contribution is -2.42. The van der Waals surface area contributed by atoms with Crippen molar-refractivity contribution >= 4 is 41.0 Å². The first-order chi connectivity index (χ1) is 22.9. The number of fused-ring (bicyclic) bond motifs is 1. The summed E-state index contributed by atoms with van der Waals surface area (Å²) in [6.07, 6.45) is 3.37. The Labute approximate surface area is 281 Å². The minimum atomic E-state index is -0.366. The lowest BCUT2D eigenvalue weighted by atomic mass is 9.99. The maximum absolute atomic E-state index is 14.1. The third-order valence-corrected chi connectivity index (χ3v) is 9.26. The van der Waals surface area contributed by atoms with Crippen LogP contribution >= 0.6 is 23.4 Å². The molecule has 0 saturated carbocycles. The van der Waals surface area contributed by atoms with Gasteiger partial charge < -0.3 is 19.5 Å². The Bertz CT molecular complexity index is 1880. The van der Waals surface area contributed by atoms with Gasteiger partial charge in [-0.05, 0) is 65.7 Å². The minimum Gasteiger partial charge on any atom is -0.497 e. The summed E-state index contributed by atoms with van der Waals surface area (Å²) < 4.78 is 18.3. The van der Waals surface area contributed by atoms with Gasteiger partial charge in [0.2, 0.25) is 11.8 Å². The van der Waals surface area contributed by atoms with Gasteiger partial charge in [-0.25, -0.2) is 4.68 Å². The van der Waals surface area contributed by atoms with Crippen LogP contribution in [0.1, 0.15) is 21.9 Å². The monoisotopic (exact) mass is 669 g/mol. The van der Waals surface area contributed by atoms with Crippen molar-refractivity contribution in [1.29, 1.82) is 0 Å². The van der Waals surface area contributed by atoms with Gasteiger partial charge in [0.25, 0.3) is 0 Å². The third-order valence-electron chi connectivity index (χ3n) is 7.75. The fourth-order valence-corrected chi connectivity index (χ4v) is 6.74. The summed E-state index contributed by atoms with van der Waals surface area (Å²) in [5, 5.41) is 8.28. The van der Waals surface area contributed by atoms with Gasteiger partial charge in [0.15, 0.2) is 11.5 Å². The number of nitrogens with zero attached hydrogens (tertiary/aromatic N) is 4. The van der Waals surface area contributed by atoms with Gasteiger partial charge in [0.05, 0.1) is 43.7 Å². The van der Waals surface area contributed by atoms with E-state index in [-0.39, 0.29) is 35.9 Å². The molecule has 1 aliphatic heterocycles. The zero-order chi connectivity index (χ0) is 32.9. The Kier molecular flexibility index (Phi) is 9.65. The predicted molar refractivity (Wildman–Crippen MR) is 183 cm³/mol. The molecule has 1 N–H and O–H groups in total. The highest BCUT2D eigenvalue weighted by Gasteiger charge is 2.38. The summed E-state index contributed by atoms with van der Waals surface area (Å²) >= 11 is 7.75. The van der Waals surface area contributed by atoms with E-state index in [1.807, 2.05) is 66.7 Å². The highest BCUT2D eigenvalue weighted by Crippen LogP contribution is 2.49. The number of hydrogen-bond acceptors (Lipinski definition) is 8. The van der Waals surface area contributed by atoms with Crippen molar-refractivity contribution in [3.8, 4) is 34.2 Å². The number of hydrogen-bond donors (Lipinski definition) is 1. The molecule has 2 amide bonds. The zero-order valence-electron chi connectivity index (χ0n) is 26.0. The third kappa shape index (κ3) is 6.77. The maximum atomic E-state index is 14.1. The van der Waals surface area contributed by atoms with E-state index in [9.17, 15) is 9.59 Å². The molecule has 3 aromatic carbocycles. The molecule has 47 heavy (non-hydrogen) atoms. The molecule has 6 rings (SSSR count). The number of nitrogens with one attached hydrogen (secondary N) is 1. The fraction of sp³-hybridized carbons (Fsp3) is 0.200. The fourth-order valence-electron chi connectivity index (χ4n) is 5.43. The molecule has 3 heterocycles. The Morgan fingerprint density at radius 3 is 2.43 bits per heavy atom. The van der Waals surface area contributed by atoms with Crippen LogP contribution in [0.2, 0.25) is 5.02 Å². The number of rotatable bonds is 10. The molecular formula is C35H32ClN5O5S. The summed E-state index contributed by atoms with van der Waals surface area (Å²) in [6, 6.07) is 24.2. The number of carbonyl (C=O) groups is 2. The van der Waals surface area contributed by atoms with Crippen LogP contribution in [-0.2, 0) is 16.1 Å². The van der Waals surface area contributed by atoms with Crippen LogP contribution in [0, 0.1) is 0 Å². The van der Waals surface area contributed by atoms with Crippen molar-refractivity contribution in [1.82, 2.24) is 20.1 Å². The van der Waals surface area contributed by atoms with E-state index in [4.69, 9.17) is 30.9 Å². The minimum absolute atomic E-state index is 0.117. The quantitative estimate of drug-likeness (QED) is 0.190. The van der Waals surface area contributed by atoms with Crippen molar-refractivity contribution in [2.75, 3.05) is 38.5 Å². The van der Waals surface area contributed by atoms with Gasteiger partial charge >= 0.3 is 0 Å². The molecule has 0 fully saturated rings. The van der Waals surface area contributed by atoms with E-state index in [0.717, 1.165) is 22.3 Å². The first-order valence-electron chi connectivity index (χ1n) is 14.7. The summed E-state index contributed by atoms with van der Waals surface area (Å²) in [4.78, 5) is 33.2. The molecule has 5 aromatic rings. The van der Waals surface area contributed by atoms with Gasteiger partial charge in [0, 0.05) is 35.1 Å². The Hall–Kier alpha value is -5.00. The lowest BCUT2D eigenvalue weighted by molar-refractivity contribution is -0.123. The molecule has 0 bridgehead atoms. The van der Waals surface area contributed by atoms with E-state index >= 15 is 0 Å². The van der Waals surface area contributed by atoms with Gasteiger partial charge in [0.1, 0.15) is 18.1 Å². The Morgan fingerprint density at radius 2 is 1.74 bits per heavy atom. The largest absolute Gasteiger partial charge is 0.497 e. The molecule has 2 aromatic heterocycles. The summed E-state index contributed by atoms with van der Waals surface area (Å²) in [5.74, 6) is 1.88. The Balaban J connectivity index is 1.54. The molecule has 0 spiro atoms. The second-order valence-electron chi connectivity index (χ2n) is 10.6. The number of benzene rings is 3. The molecule has 0 radical (unpaired) electrons. The number of pyridine rings is 1. The number of halogens is 1. The van der Waals surface area contributed by atoms with Crippen molar-refractivity contribution < 1.29 is 23.8 Å². The molecular weight excluding hydrogens is 638 g/mol. The van der Waals surface area contributed by atoms with Gasteiger partial charge in [-0.3, -0.25) is 19.5 Å². The number of thioether (sulfide) groups is 1. The van der Waals surface area contributed by atoms with E-state index in [2.05, 4.69) is 10.3 Å². The Morgan fingerprint density at radius 1 is 0.979 bits per heavy atom. The van der Waals surface area contributed by atoms with Crippen LogP contribution < -0.4 is 24.4 Å². The van der Waals surface area contributed by atoms with Crippen LogP contribution in [0.15, 0.2) is 91.3 Å². The highest BCUT2D eigenvalue weighted by molar-refractivity contribution is 8.00. The molecule has 12 heteroatoms. The molecule has 0 aliphatic carbocycles. The standard InChI is InChI=1S/C35H32ClN5O5S/c1-44-27-13-11-26(12-14-27)41-35-32(33(39-41)23-6-9-25(36)10-7-23)34(24-8-15-28(45-2)29(17-24)46-3)47-21-31(43)40(35)20-30(42)38-19-22-5-4-16-37-18-22/h4-18,34H,19-21H2,1-3H3,(H,38,42)/t34-/m1/s1. The van der Waals surface area contributed by atoms with Crippen molar-refractivity contribution in [3.05, 3.63) is 113 Å². The maximum Gasteiger partial charge on any atom is 0.240 e. The van der Waals surface area contributed by atoms with E-state index in [1.165, 1.54) is 16.7 Å². The normalized spacial score (nSPS) is 14.3. The average molecular weight is 670 g/mol. The molecule has 240 valence electrons. The average Bonchev–Trinajstić information content (AvgIpc) is 3.43. The van der Waals surface area contributed by atoms with Crippen LogP contribution in [0.5, 0.6) is 17.2 Å².